The minimum atomic E-state index is -0.447. The van der Waals surface area contributed by atoms with Crippen molar-refractivity contribution in [1.29, 1.82) is 0 Å². The number of hydrogen-bond donors (Lipinski definition) is 2. The highest BCUT2D eigenvalue weighted by Crippen LogP contribution is 2.28. The van der Waals surface area contributed by atoms with Crippen LogP contribution in [0.25, 0.3) is 0 Å². The Kier molecular flexibility index (Phi) is 3.93. The molecule has 1 aliphatic carbocycles. The average Bonchev–Trinajstić information content (AvgIpc) is 2.84. The third kappa shape index (κ3) is 3.95. The molecule has 14 heavy (non-hydrogen) atoms. The van der Waals surface area contributed by atoms with E-state index in [-0.39, 0.29) is 6.61 Å². The molecule has 1 fully saturated rings. The highest BCUT2D eigenvalue weighted by molar-refractivity contribution is 4.91. The lowest BCUT2D eigenvalue weighted by Gasteiger charge is -2.32. The zero-order valence-electron chi connectivity index (χ0n) is 9.66. The second-order valence-corrected chi connectivity index (χ2v) is 5.37. The lowest BCUT2D eigenvalue weighted by atomic mass is 10.0. The zero-order chi connectivity index (χ0) is 10.8. The Labute approximate surface area is 87.3 Å². The predicted octanol–water partition coefficient (Wildman–Crippen LogP) is 0.817. The first-order valence-corrected chi connectivity index (χ1v) is 5.58. The van der Waals surface area contributed by atoms with Crippen LogP contribution in [0.4, 0.5) is 0 Å². The molecule has 0 aromatic heterocycles. The van der Waals surface area contributed by atoms with Crippen LogP contribution in [0.15, 0.2) is 0 Å². The monoisotopic (exact) mass is 200 g/mol. The Morgan fingerprint density at radius 3 is 2.43 bits per heavy atom. The summed E-state index contributed by atoms with van der Waals surface area (Å²) in [6.07, 6.45) is 2.60. The quantitative estimate of drug-likeness (QED) is 0.667. The Morgan fingerprint density at radius 1 is 1.50 bits per heavy atom. The molecular weight excluding hydrogens is 176 g/mol. The SMILES string of the molecule is CC(C)CN(CC(C)(N)CO)C1CC1. The van der Waals surface area contributed by atoms with Gasteiger partial charge in [0, 0.05) is 24.7 Å². The van der Waals surface area contributed by atoms with E-state index in [1.807, 2.05) is 6.92 Å². The number of aliphatic hydroxyl groups excluding tert-OH is 1. The Bertz CT molecular complexity index is 176. The van der Waals surface area contributed by atoms with E-state index >= 15 is 0 Å². The third-order valence-electron chi connectivity index (χ3n) is 2.59. The van der Waals surface area contributed by atoms with Crippen molar-refractivity contribution in [3.8, 4) is 0 Å². The molecule has 1 atom stereocenters. The van der Waals surface area contributed by atoms with Gasteiger partial charge in [0.15, 0.2) is 0 Å². The molecule has 0 spiro atoms. The van der Waals surface area contributed by atoms with Crippen LogP contribution in [0, 0.1) is 5.92 Å². The van der Waals surface area contributed by atoms with Gasteiger partial charge in [-0.25, -0.2) is 0 Å². The topological polar surface area (TPSA) is 49.5 Å². The molecule has 3 N–H and O–H groups in total. The van der Waals surface area contributed by atoms with Gasteiger partial charge in [0.05, 0.1) is 6.61 Å². The van der Waals surface area contributed by atoms with E-state index in [0.29, 0.717) is 5.92 Å². The maximum atomic E-state index is 9.13. The van der Waals surface area contributed by atoms with Gasteiger partial charge in [-0.3, -0.25) is 4.90 Å². The fraction of sp³-hybridized carbons (Fsp3) is 1.00. The third-order valence-corrected chi connectivity index (χ3v) is 2.59. The van der Waals surface area contributed by atoms with E-state index < -0.39 is 5.54 Å². The zero-order valence-corrected chi connectivity index (χ0v) is 9.66. The fourth-order valence-corrected chi connectivity index (χ4v) is 1.77. The van der Waals surface area contributed by atoms with Crippen LogP contribution in [-0.4, -0.2) is 41.3 Å². The molecule has 0 bridgehead atoms. The first-order chi connectivity index (χ1) is 6.44. The average molecular weight is 200 g/mol. The van der Waals surface area contributed by atoms with Crippen LogP contribution in [0.3, 0.4) is 0 Å². The minimum Gasteiger partial charge on any atom is -0.394 e. The van der Waals surface area contributed by atoms with Crippen LogP contribution in [0.2, 0.25) is 0 Å². The molecule has 1 unspecified atom stereocenters. The molecule has 84 valence electrons. The van der Waals surface area contributed by atoms with Gasteiger partial charge in [0.25, 0.3) is 0 Å². The van der Waals surface area contributed by atoms with Crippen molar-refractivity contribution in [2.24, 2.45) is 11.7 Å². The van der Waals surface area contributed by atoms with Crippen molar-refractivity contribution in [1.82, 2.24) is 4.90 Å². The van der Waals surface area contributed by atoms with E-state index in [0.717, 1.165) is 19.1 Å². The lowest BCUT2D eigenvalue weighted by Crippen LogP contribution is -2.51. The molecule has 0 aliphatic heterocycles. The minimum absolute atomic E-state index is 0.0638. The van der Waals surface area contributed by atoms with Crippen LogP contribution < -0.4 is 5.73 Å². The summed E-state index contributed by atoms with van der Waals surface area (Å²) in [4.78, 5) is 2.43. The van der Waals surface area contributed by atoms with Crippen molar-refractivity contribution < 1.29 is 5.11 Å². The highest BCUT2D eigenvalue weighted by atomic mass is 16.3. The summed E-state index contributed by atoms with van der Waals surface area (Å²) in [5.41, 5.74) is 5.52. The normalized spacial score (nSPS) is 21.6. The fourth-order valence-electron chi connectivity index (χ4n) is 1.77. The van der Waals surface area contributed by atoms with Gasteiger partial charge in [0.2, 0.25) is 0 Å². The molecule has 0 aromatic rings. The molecule has 0 saturated heterocycles. The van der Waals surface area contributed by atoms with Crippen LogP contribution in [0.1, 0.15) is 33.6 Å². The van der Waals surface area contributed by atoms with Crippen molar-refractivity contribution in [3.05, 3.63) is 0 Å². The molecule has 1 rings (SSSR count). The van der Waals surface area contributed by atoms with Crippen LogP contribution >= 0.6 is 0 Å². The van der Waals surface area contributed by atoms with Crippen molar-refractivity contribution in [2.75, 3.05) is 19.7 Å². The van der Waals surface area contributed by atoms with Crippen LogP contribution in [-0.2, 0) is 0 Å². The maximum Gasteiger partial charge on any atom is 0.0621 e. The molecule has 0 heterocycles. The van der Waals surface area contributed by atoms with Crippen LogP contribution in [0.5, 0.6) is 0 Å². The largest absolute Gasteiger partial charge is 0.394 e. The van der Waals surface area contributed by atoms with Crippen molar-refractivity contribution >= 4 is 0 Å². The summed E-state index contributed by atoms with van der Waals surface area (Å²) < 4.78 is 0. The van der Waals surface area contributed by atoms with Gasteiger partial charge in [-0.15, -0.1) is 0 Å². The standard InChI is InChI=1S/C11H24N2O/c1-9(2)6-13(10-4-5-10)7-11(3,12)8-14/h9-10,14H,4-8,12H2,1-3H3. The first kappa shape index (κ1) is 12.0. The van der Waals surface area contributed by atoms with Gasteiger partial charge in [0.1, 0.15) is 0 Å². The Morgan fingerprint density at radius 2 is 2.07 bits per heavy atom. The van der Waals surface area contributed by atoms with E-state index in [9.17, 15) is 0 Å². The summed E-state index contributed by atoms with van der Waals surface area (Å²) >= 11 is 0. The smallest absolute Gasteiger partial charge is 0.0621 e. The second kappa shape index (κ2) is 4.60. The number of nitrogens with zero attached hydrogens (tertiary/aromatic N) is 1. The van der Waals surface area contributed by atoms with E-state index in [1.54, 1.807) is 0 Å². The second-order valence-electron chi connectivity index (χ2n) is 5.37. The molecule has 0 aromatic carbocycles. The molecule has 1 aliphatic rings. The molecule has 1 saturated carbocycles. The van der Waals surface area contributed by atoms with Gasteiger partial charge in [-0.05, 0) is 25.7 Å². The predicted molar refractivity (Wildman–Crippen MR) is 59.1 cm³/mol. The maximum absolute atomic E-state index is 9.13. The Hall–Kier alpha value is -0.120. The molecule has 0 amide bonds. The molecule has 3 nitrogen and oxygen atoms in total. The van der Waals surface area contributed by atoms with Gasteiger partial charge in [-0.2, -0.15) is 0 Å². The van der Waals surface area contributed by atoms with E-state index in [4.69, 9.17) is 10.8 Å². The number of nitrogens with two attached hydrogens (primary N) is 1. The van der Waals surface area contributed by atoms with E-state index in [1.165, 1.54) is 12.8 Å². The van der Waals surface area contributed by atoms with Crippen molar-refractivity contribution in [2.45, 2.75) is 45.2 Å². The summed E-state index contributed by atoms with van der Waals surface area (Å²) in [5, 5.41) is 9.13. The number of rotatable bonds is 6. The van der Waals surface area contributed by atoms with E-state index in [2.05, 4.69) is 18.7 Å². The lowest BCUT2D eigenvalue weighted by molar-refractivity contribution is 0.134. The molecule has 3 heteroatoms. The summed E-state index contributed by atoms with van der Waals surface area (Å²) in [6.45, 7) is 8.34. The first-order valence-electron chi connectivity index (χ1n) is 5.58. The van der Waals surface area contributed by atoms with Crippen molar-refractivity contribution in [3.63, 3.8) is 0 Å². The Balaban J connectivity index is 2.42. The van der Waals surface area contributed by atoms with Gasteiger partial charge < -0.3 is 10.8 Å². The summed E-state index contributed by atoms with van der Waals surface area (Å²) in [6, 6.07) is 0.729. The van der Waals surface area contributed by atoms with Gasteiger partial charge >= 0.3 is 0 Å². The summed E-state index contributed by atoms with van der Waals surface area (Å²) in [5.74, 6) is 0.671. The summed E-state index contributed by atoms with van der Waals surface area (Å²) in [7, 11) is 0. The van der Waals surface area contributed by atoms with Gasteiger partial charge in [-0.1, -0.05) is 13.8 Å². The molecule has 0 radical (unpaired) electrons. The number of aliphatic hydroxyl groups is 1. The highest BCUT2D eigenvalue weighted by Gasteiger charge is 2.33. The molecular formula is C11H24N2O. The number of hydrogen-bond acceptors (Lipinski definition) is 3.